The highest BCUT2D eigenvalue weighted by Crippen LogP contribution is 2.26. The Balaban J connectivity index is 2.32. The lowest BCUT2D eigenvalue weighted by Crippen LogP contribution is -2.21. The van der Waals surface area contributed by atoms with Crippen LogP contribution in [-0.2, 0) is 6.54 Å². The van der Waals surface area contributed by atoms with E-state index in [1.807, 2.05) is 24.3 Å². The largest absolute Gasteiger partial charge is 0.494 e. The first-order valence-electron chi connectivity index (χ1n) is 8.52. The van der Waals surface area contributed by atoms with Gasteiger partial charge in [-0.1, -0.05) is 45.2 Å². The van der Waals surface area contributed by atoms with E-state index in [2.05, 4.69) is 30.7 Å². The number of nitrogens with zero attached hydrogens (tertiary/aromatic N) is 2. The predicted octanol–water partition coefficient (Wildman–Crippen LogP) is 5.32. The Labute approximate surface area is 143 Å². The van der Waals surface area contributed by atoms with Gasteiger partial charge in [-0.2, -0.15) is 0 Å². The van der Waals surface area contributed by atoms with E-state index >= 15 is 0 Å². The van der Waals surface area contributed by atoms with Crippen molar-refractivity contribution in [3.63, 3.8) is 0 Å². The quantitative estimate of drug-likeness (QED) is 0.643. The zero-order valence-corrected chi connectivity index (χ0v) is 15.5. The molecule has 4 heteroatoms. The van der Waals surface area contributed by atoms with Gasteiger partial charge in [-0.05, 0) is 31.4 Å². The minimum atomic E-state index is 0.722. The first kappa shape index (κ1) is 17.8. The fraction of sp³-hybridized carbons (Fsp3) is 0.526. The normalized spacial score (nSPS) is 13.3. The Morgan fingerprint density at radius 3 is 2.74 bits per heavy atom. The standard InChI is InChI=1S/C19H28N2OS/c1-5-7-10-16(6-2)13-21-15(3)14-23-19(21)20-17-11-8-9-12-18(17)22-4/h8-9,11-12,14,16H,5-7,10,13H2,1-4H3. The second-order valence-corrected chi connectivity index (χ2v) is 6.81. The van der Waals surface area contributed by atoms with Crippen LogP contribution in [0.5, 0.6) is 5.75 Å². The van der Waals surface area contributed by atoms with Crippen LogP contribution in [-0.4, -0.2) is 11.7 Å². The van der Waals surface area contributed by atoms with Gasteiger partial charge in [0.1, 0.15) is 11.4 Å². The predicted molar refractivity (Wildman–Crippen MR) is 98.6 cm³/mol. The van der Waals surface area contributed by atoms with Crippen molar-refractivity contribution in [3.8, 4) is 5.75 Å². The van der Waals surface area contributed by atoms with Gasteiger partial charge >= 0.3 is 0 Å². The number of rotatable bonds is 8. The SMILES string of the molecule is CCCCC(CC)Cn1c(C)csc1=Nc1ccccc1OC. The number of methoxy groups -OCH3 is 1. The molecular weight excluding hydrogens is 304 g/mol. The van der Waals surface area contributed by atoms with E-state index in [1.165, 1.54) is 31.4 Å². The summed E-state index contributed by atoms with van der Waals surface area (Å²) in [6.45, 7) is 7.78. The molecule has 1 unspecified atom stereocenters. The van der Waals surface area contributed by atoms with E-state index in [0.717, 1.165) is 28.7 Å². The van der Waals surface area contributed by atoms with E-state index in [-0.39, 0.29) is 0 Å². The summed E-state index contributed by atoms with van der Waals surface area (Å²) in [7, 11) is 1.69. The van der Waals surface area contributed by atoms with Crippen molar-refractivity contribution in [2.75, 3.05) is 7.11 Å². The number of para-hydroxylation sites is 2. The van der Waals surface area contributed by atoms with E-state index in [4.69, 9.17) is 9.73 Å². The molecule has 0 aliphatic rings. The van der Waals surface area contributed by atoms with Crippen LogP contribution in [0.3, 0.4) is 0 Å². The van der Waals surface area contributed by atoms with Gasteiger partial charge in [0.05, 0.1) is 7.11 Å². The van der Waals surface area contributed by atoms with E-state index in [9.17, 15) is 0 Å². The van der Waals surface area contributed by atoms with Crippen LogP contribution in [0.15, 0.2) is 34.6 Å². The van der Waals surface area contributed by atoms with Crippen LogP contribution in [0.25, 0.3) is 0 Å². The van der Waals surface area contributed by atoms with Crippen molar-refractivity contribution >= 4 is 17.0 Å². The van der Waals surface area contributed by atoms with Gasteiger partial charge in [-0.3, -0.25) is 0 Å². The third-order valence-corrected chi connectivity index (χ3v) is 5.26. The third kappa shape index (κ3) is 4.71. The van der Waals surface area contributed by atoms with Gasteiger partial charge < -0.3 is 9.30 Å². The molecule has 0 bridgehead atoms. The van der Waals surface area contributed by atoms with E-state index in [0.29, 0.717) is 0 Å². The molecular formula is C19H28N2OS. The topological polar surface area (TPSA) is 26.5 Å². The molecule has 23 heavy (non-hydrogen) atoms. The number of ether oxygens (including phenoxy) is 1. The summed E-state index contributed by atoms with van der Waals surface area (Å²) in [5.74, 6) is 1.54. The summed E-state index contributed by atoms with van der Waals surface area (Å²) in [5.41, 5.74) is 2.19. The molecule has 0 aliphatic carbocycles. The minimum Gasteiger partial charge on any atom is -0.494 e. The van der Waals surface area contributed by atoms with Crippen LogP contribution in [0, 0.1) is 12.8 Å². The number of aryl methyl sites for hydroxylation is 1. The Kier molecular flexibility index (Phi) is 6.90. The smallest absolute Gasteiger partial charge is 0.190 e. The van der Waals surface area contributed by atoms with Crippen LogP contribution in [0.4, 0.5) is 5.69 Å². The molecule has 0 aliphatic heterocycles. The van der Waals surface area contributed by atoms with Crippen LogP contribution in [0.2, 0.25) is 0 Å². The third-order valence-electron chi connectivity index (χ3n) is 4.28. The maximum Gasteiger partial charge on any atom is 0.190 e. The van der Waals surface area contributed by atoms with Gasteiger partial charge in [-0.15, -0.1) is 11.3 Å². The van der Waals surface area contributed by atoms with Crippen LogP contribution >= 0.6 is 11.3 Å². The van der Waals surface area contributed by atoms with Crippen molar-refractivity contribution < 1.29 is 4.74 Å². The number of hydrogen-bond donors (Lipinski definition) is 0. The minimum absolute atomic E-state index is 0.722. The molecule has 0 spiro atoms. The first-order valence-corrected chi connectivity index (χ1v) is 9.40. The summed E-state index contributed by atoms with van der Waals surface area (Å²) >= 11 is 1.71. The molecule has 1 aromatic carbocycles. The zero-order chi connectivity index (χ0) is 16.7. The molecule has 1 aromatic heterocycles. The van der Waals surface area contributed by atoms with Crippen molar-refractivity contribution in [2.24, 2.45) is 10.9 Å². The monoisotopic (exact) mass is 332 g/mol. The molecule has 0 amide bonds. The average Bonchev–Trinajstić information content (AvgIpc) is 2.92. The summed E-state index contributed by atoms with van der Waals surface area (Å²) in [6, 6.07) is 7.94. The maximum absolute atomic E-state index is 5.42. The molecule has 0 fully saturated rings. The molecule has 0 saturated heterocycles. The molecule has 1 atom stereocenters. The second-order valence-electron chi connectivity index (χ2n) is 5.97. The fourth-order valence-electron chi connectivity index (χ4n) is 2.73. The maximum atomic E-state index is 5.42. The van der Waals surface area contributed by atoms with Crippen molar-refractivity contribution in [3.05, 3.63) is 40.1 Å². The molecule has 126 valence electrons. The van der Waals surface area contributed by atoms with Gasteiger partial charge in [0, 0.05) is 17.6 Å². The van der Waals surface area contributed by atoms with Gasteiger partial charge in [0.2, 0.25) is 0 Å². The van der Waals surface area contributed by atoms with Crippen molar-refractivity contribution in [1.82, 2.24) is 4.57 Å². The molecule has 3 nitrogen and oxygen atoms in total. The van der Waals surface area contributed by atoms with E-state index < -0.39 is 0 Å². The highest BCUT2D eigenvalue weighted by Gasteiger charge is 2.10. The number of benzene rings is 1. The lowest BCUT2D eigenvalue weighted by Gasteiger charge is -2.16. The van der Waals surface area contributed by atoms with Crippen LogP contribution < -0.4 is 9.54 Å². The molecule has 0 N–H and O–H groups in total. The zero-order valence-electron chi connectivity index (χ0n) is 14.7. The fourth-order valence-corrected chi connectivity index (χ4v) is 3.63. The number of unbranched alkanes of at least 4 members (excludes halogenated alkanes) is 1. The lowest BCUT2D eigenvalue weighted by atomic mass is 9.99. The van der Waals surface area contributed by atoms with Crippen molar-refractivity contribution in [1.29, 1.82) is 0 Å². The summed E-state index contributed by atoms with van der Waals surface area (Å²) in [6.07, 6.45) is 5.09. The Bertz CT molecular complexity index is 672. The van der Waals surface area contributed by atoms with Crippen LogP contribution in [0.1, 0.15) is 45.2 Å². The van der Waals surface area contributed by atoms with Crippen molar-refractivity contribution in [2.45, 2.75) is 53.0 Å². The van der Waals surface area contributed by atoms with E-state index in [1.54, 1.807) is 18.4 Å². The molecule has 0 radical (unpaired) electrons. The highest BCUT2D eigenvalue weighted by atomic mass is 32.1. The molecule has 2 rings (SSSR count). The Morgan fingerprint density at radius 2 is 2.04 bits per heavy atom. The van der Waals surface area contributed by atoms with Gasteiger partial charge in [-0.25, -0.2) is 4.99 Å². The summed E-state index contributed by atoms with van der Waals surface area (Å²) in [4.78, 5) is 5.91. The lowest BCUT2D eigenvalue weighted by molar-refractivity contribution is 0.383. The number of thiazole rings is 1. The molecule has 2 aromatic rings. The van der Waals surface area contributed by atoms with Gasteiger partial charge in [0.15, 0.2) is 4.80 Å². The average molecular weight is 333 g/mol. The molecule has 1 heterocycles. The summed E-state index contributed by atoms with van der Waals surface area (Å²) < 4.78 is 7.78. The second kappa shape index (κ2) is 8.92. The first-order chi connectivity index (χ1) is 11.2. The molecule has 0 saturated carbocycles. The highest BCUT2D eigenvalue weighted by molar-refractivity contribution is 7.07. The van der Waals surface area contributed by atoms with Gasteiger partial charge in [0.25, 0.3) is 0 Å². The summed E-state index contributed by atoms with van der Waals surface area (Å²) in [5, 5.41) is 2.20. The Morgan fingerprint density at radius 1 is 1.26 bits per heavy atom. The Hall–Kier alpha value is -1.55. The number of hydrogen-bond acceptors (Lipinski definition) is 3. The number of aromatic nitrogens is 1.